The van der Waals surface area contributed by atoms with Crippen LogP contribution in [0.4, 0.5) is 0 Å². The van der Waals surface area contributed by atoms with Crippen molar-refractivity contribution in [3.05, 3.63) is 81.2 Å². The van der Waals surface area contributed by atoms with Crippen molar-refractivity contribution in [2.45, 2.75) is 19.8 Å². The highest BCUT2D eigenvalue weighted by Crippen LogP contribution is 2.31. The van der Waals surface area contributed by atoms with Crippen LogP contribution in [0.1, 0.15) is 23.9 Å². The van der Waals surface area contributed by atoms with Crippen molar-refractivity contribution < 1.29 is 4.74 Å². The zero-order chi connectivity index (χ0) is 18.8. The van der Waals surface area contributed by atoms with E-state index in [1.807, 2.05) is 29.6 Å². The van der Waals surface area contributed by atoms with Crippen LogP contribution in [0.5, 0.6) is 5.75 Å². The summed E-state index contributed by atoms with van der Waals surface area (Å²) in [5.41, 5.74) is 4.27. The zero-order valence-corrected chi connectivity index (χ0v) is 16.1. The Labute approximate surface area is 161 Å². The van der Waals surface area contributed by atoms with E-state index in [0.717, 1.165) is 33.7 Å². The molecular formula is C22H20N2O2S. The number of hydrogen-bond donors (Lipinski definition) is 1. The number of methoxy groups -OCH3 is 1. The Morgan fingerprint density at radius 3 is 2.41 bits per heavy atom. The van der Waals surface area contributed by atoms with Crippen molar-refractivity contribution in [1.29, 1.82) is 0 Å². The molecular weight excluding hydrogens is 356 g/mol. The minimum atomic E-state index is -0.0840. The summed E-state index contributed by atoms with van der Waals surface area (Å²) in [5, 5.41) is 2.69. The first kappa shape index (κ1) is 17.5. The fourth-order valence-corrected chi connectivity index (χ4v) is 4.11. The Balaban J connectivity index is 1.69. The standard InChI is InChI=1S/C22H20N2O2S/c1-3-14-4-8-16(9-5-14)18-13-27-22-20(18)21(25)23-19(24-22)12-15-6-10-17(26-2)11-7-15/h4-11,13H,3,12H2,1-2H3,(H,23,24,25). The second-order valence-corrected chi connectivity index (χ2v) is 7.28. The van der Waals surface area contributed by atoms with E-state index in [1.165, 1.54) is 16.9 Å². The van der Waals surface area contributed by atoms with Crippen LogP contribution in [0.25, 0.3) is 21.3 Å². The normalized spacial score (nSPS) is 11.0. The SMILES string of the molecule is CCc1ccc(-c2csc3nc(Cc4ccc(OC)cc4)[nH]c(=O)c23)cc1. The van der Waals surface area contributed by atoms with E-state index in [4.69, 9.17) is 4.74 Å². The molecule has 0 spiro atoms. The van der Waals surface area contributed by atoms with E-state index in [9.17, 15) is 4.79 Å². The number of rotatable bonds is 5. The quantitative estimate of drug-likeness (QED) is 0.544. The molecule has 0 saturated heterocycles. The number of ether oxygens (including phenoxy) is 1. The molecule has 0 unspecified atom stereocenters. The van der Waals surface area contributed by atoms with Gasteiger partial charge in [-0.1, -0.05) is 43.3 Å². The third-order valence-corrected chi connectivity index (χ3v) is 5.57. The summed E-state index contributed by atoms with van der Waals surface area (Å²) in [6.45, 7) is 2.13. The van der Waals surface area contributed by atoms with Gasteiger partial charge in [0.15, 0.2) is 0 Å². The van der Waals surface area contributed by atoms with Crippen LogP contribution in [0.15, 0.2) is 58.7 Å². The van der Waals surface area contributed by atoms with Gasteiger partial charge in [-0.2, -0.15) is 0 Å². The first-order chi connectivity index (χ1) is 13.2. The molecule has 0 radical (unpaired) electrons. The monoisotopic (exact) mass is 376 g/mol. The highest BCUT2D eigenvalue weighted by atomic mass is 32.1. The molecule has 0 amide bonds. The summed E-state index contributed by atoms with van der Waals surface area (Å²) < 4.78 is 5.18. The van der Waals surface area contributed by atoms with Crippen LogP contribution < -0.4 is 10.3 Å². The number of hydrogen-bond acceptors (Lipinski definition) is 4. The number of H-pyrrole nitrogens is 1. The van der Waals surface area contributed by atoms with E-state index in [-0.39, 0.29) is 5.56 Å². The highest BCUT2D eigenvalue weighted by molar-refractivity contribution is 7.17. The minimum Gasteiger partial charge on any atom is -0.497 e. The van der Waals surface area contributed by atoms with Gasteiger partial charge in [-0.15, -0.1) is 11.3 Å². The third-order valence-electron chi connectivity index (χ3n) is 4.70. The van der Waals surface area contributed by atoms with E-state index < -0.39 is 0 Å². The number of nitrogens with one attached hydrogen (secondary N) is 1. The fraction of sp³-hybridized carbons (Fsp3) is 0.182. The molecule has 0 saturated carbocycles. The van der Waals surface area contributed by atoms with Gasteiger partial charge in [0.05, 0.1) is 12.5 Å². The van der Waals surface area contributed by atoms with Crippen molar-refractivity contribution >= 4 is 21.6 Å². The number of aryl methyl sites for hydroxylation is 1. The van der Waals surface area contributed by atoms with Crippen LogP contribution >= 0.6 is 11.3 Å². The largest absolute Gasteiger partial charge is 0.497 e. The van der Waals surface area contributed by atoms with Crippen molar-refractivity contribution in [2.75, 3.05) is 7.11 Å². The summed E-state index contributed by atoms with van der Waals surface area (Å²) in [7, 11) is 1.64. The Morgan fingerprint density at radius 2 is 1.74 bits per heavy atom. The number of aromatic amines is 1. The van der Waals surface area contributed by atoms with Crippen molar-refractivity contribution in [3.63, 3.8) is 0 Å². The van der Waals surface area contributed by atoms with Crippen LogP contribution in [0, 0.1) is 0 Å². The van der Waals surface area contributed by atoms with Gasteiger partial charge < -0.3 is 9.72 Å². The van der Waals surface area contributed by atoms with Crippen molar-refractivity contribution in [3.8, 4) is 16.9 Å². The first-order valence-electron chi connectivity index (χ1n) is 8.90. The zero-order valence-electron chi connectivity index (χ0n) is 15.3. The summed E-state index contributed by atoms with van der Waals surface area (Å²) in [5.74, 6) is 1.49. The van der Waals surface area contributed by atoms with E-state index in [1.54, 1.807) is 7.11 Å². The molecule has 0 atom stereocenters. The molecule has 2 heterocycles. The van der Waals surface area contributed by atoms with Crippen LogP contribution in [-0.2, 0) is 12.8 Å². The van der Waals surface area contributed by atoms with Crippen molar-refractivity contribution in [1.82, 2.24) is 9.97 Å². The summed E-state index contributed by atoms with van der Waals surface area (Å²) in [6, 6.07) is 16.2. The number of fused-ring (bicyclic) bond motifs is 1. The molecule has 5 heteroatoms. The molecule has 136 valence electrons. The Bertz CT molecular complexity index is 1130. The van der Waals surface area contributed by atoms with Crippen LogP contribution in [0.3, 0.4) is 0 Å². The van der Waals surface area contributed by atoms with Gasteiger partial charge in [-0.25, -0.2) is 4.98 Å². The Morgan fingerprint density at radius 1 is 1.04 bits per heavy atom. The van der Waals surface area contributed by atoms with E-state index in [2.05, 4.69) is 41.2 Å². The van der Waals surface area contributed by atoms with Gasteiger partial charge in [-0.3, -0.25) is 4.79 Å². The van der Waals surface area contributed by atoms with E-state index >= 15 is 0 Å². The maximum atomic E-state index is 12.8. The third kappa shape index (κ3) is 3.51. The lowest BCUT2D eigenvalue weighted by Gasteiger charge is -2.05. The molecule has 2 aromatic heterocycles. The van der Waals surface area contributed by atoms with Gasteiger partial charge >= 0.3 is 0 Å². The van der Waals surface area contributed by atoms with Crippen LogP contribution in [-0.4, -0.2) is 17.1 Å². The lowest BCUT2D eigenvalue weighted by atomic mass is 10.0. The molecule has 4 nitrogen and oxygen atoms in total. The molecule has 27 heavy (non-hydrogen) atoms. The van der Waals surface area contributed by atoms with Gasteiger partial charge in [0, 0.05) is 17.4 Å². The summed E-state index contributed by atoms with van der Waals surface area (Å²) in [4.78, 5) is 21.2. The molecule has 0 aliphatic rings. The number of benzene rings is 2. The maximum absolute atomic E-state index is 12.8. The maximum Gasteiger partial charge on any atom is 0.260 e. The number of nitrogens with zero attached hydrogens (tertiary/aromatic N) is 1. The second-order valence-electron chi connectivity index (χ2n) is 6.42. The summed E-state index contributed by atoms with van der Waals surface area (Å²) >= 11 is 1.51. The molecule has 0 fully saturated rings. The molecule has 0 bridgehead atoms. The minimum absolute atomic E-state index is 0.0840. The number of aromatic nitrogens is 2. The van der Waals surface area contributed by atoms with E-state index in [0.29, 0.717) is 17.6 Å². The first-order valence-corrected chi connectivity index (χ1v) is 9.78. The van der Waals surface area contributed by atoms with Crippen molar-refractivity contribution in [2.24, 2.45) is 0 Å². The molecule has 1 N–H and O–H groups in total. The lowest BCUT2D eigenvalue weighted by Crippen LogP contribution is -2.11. The molecule has 4 aromatic rings. The average molecular weight is 376 g/mol. The molecule has 2 aromatic carbocycles. The highest BCUT2D eigenvalue weighted by Gasteiger charge is 2.13. The molecule has 4 rings (SSSR count). The van der Waals surface area contributed by atoms with Gasteiger partial charge in [-0.05, 0) is 35.2 Å². The lowest BCUT2D eigenvalue weighted by molar-refractivity contribution is 0.414. The molecule has 0 aliphatic carbocycles. The Kier molecular flexibility index (Phi) is 4.77. The van der Waals surface area contributed by atoms with Crippen LogP contribution in [0.2, 0.25) is 0 Å². The van der Waals surface area contributed by atoms with Gasteiger partial charge in [0.1, 0.15) is 16.4 Å². The predicted molar refractivity (Wildman–Crippen MR) is 111 cm³/mol. The topological polar surface area (TPSA) is 55.0 Å². The van der Waals surface area contributed by atoms with Gasteiger partial charge in [0.25, 0.3) is 5.56 Å². The Hall–Kier alpha value is -2.92. The molecule has 0 aliphatic heterocycles. The summed E-state index contributed by atoms with van der Waals surface area (Å²) in [6.07, 6.45) is 1.58. The smallest absolute Gasteiger partial charge is 0.260 e. The fourth-order valence-electron chi connectivity index (χ4n) is 3.15. The van der Waals surface area contributed by atoms with Gasteiger partial charge in [0.2, 0.25) is 0 Å². The predicted octanol–water partition coefficient (Wildman–Crippen LogP) is 4.81. The second kappa shape index (κ2) is 7.37. The average Bonchev–Trinajstić information content (AvgIpc) is 3.13. The number of thiophene rings is 1.